The minimum absolute atomic E-state index is 0.262. The maximum Gasteiger partial charge on any atom is 0.168 e. The van der Waals surface area contributed by atoms with E-state index in [2.05, 4.69) is 20.9 Å². The topological polar surface area (TPSA) is 36.3 Å². The molecule has 20 heavy (non-hydrogen) atoms. The first kappa shape index (κ1) is 13.7. The molecule has 1 aromatic heterocycles. The molecule has 1 fully saturated rings. The monoisotopic (exact) mass is 340 g/mol. The molecule has 0 saturated carbocycles. The van der Waals surface area contributed by atoms with Gasteiger partial charge in [0.05, 0.1) is 24.8 Å². The average molecular weight is 341 g/mol. The third-order valence-electron chi connectivity index (χ3n) is 3.35. The van der Waals surface area contributed by atoms with Crippen molar-refractivity contribution in [3.63, 3.8) is 0 Å². The van der Waals surface area contributed by atoms with Gasteiger partial charge in [-0.3, -0.25) is 0 Å². The van der Waals surface area contributed by atoms with Crippen molar-refractivity contribution in [3.8, 4) is 0 Å². The number of hydrogen-bond donors (Lipinski definition) is 0. The molecule has 1 aliphatic heterocycles. The zero-order valence-corrected chi connectivity index (χ0v) is 12.3. The number of ether oxygens (including phenoxy) is 2. The van der Waals surface area contributed by atoms with Gasteiger partial charge in [-0.1, -0.05) is 28.1 Å². The maximum absolute atomic E-state index is 13.1. The summed E-state index contributed by atoms with van der Waals surface area (Å²) in [6.07, 6.45) is 5.02. The Labute approximate surface area is 124 Å². The maximum atomic E-state index is 13.1. The summed E-state index contributed by atoms with van der Waals surface area (Å²) in [6, 6.07) is 6.37. The van der Waals surface area contributed by atoms with Crippen molar-refractivity contribution in [2.45, 2.75) is 18.4 Å². The lowest BCUT2D eigenvalue weighted by molar-refractivity contribution is -0.0819. The predicted molar refractivity (Wildman–Crippen MR) is 74.9 cm³/mol. The van der Waals surface area contributed by atoms with E-state index in [0.29, 0.717) is 18.5 Å². The SMILES string of the molecule is Fc1ccc(C2(Cn3ccnc3)COC(CBr)O2)cc1. The van der Waals surface area contributed by atoms with Crippen molar-refractivity contribution in [3.05, 3.63) is 54.4 Å². The second-order valence-corrected chi connectivity index (χ2v) is 5.40. The van der Waals surface area contributed by atoms with Gasteiger partial charge in [0.15, 0.2) is 6.29 Å². The summed E-state index contributed by atoms with van der Waals surface area (Å²) >= 11 is 3.36. The van der Waals surface area contributed by atoms with Crippen LogP contribution in [0, 0.1) is 5.82 Å². The molecule has 2 heterocycles. The van der Waals surface area contributed by atoms with Crippen LogP contribution in [0.25, 0.3) is 0 Å². The van der Waals surface area contributed by atoms with E-state index in [1.165, 1.54) is 12.1 Å². The quantitative estimate of drug-likeness (QED) is 0.803. The summed E-state index contributed by atoms with van der Waals surface area (Å²) in [5.41, 5.74) is 0.281. The first-order chi connectivity index (χ1) is 9.72. The third kappa shape index (κ3) is 2.63. The van der Waals surface area contributed by atoms with Crippen LogP contribution in [-0.2, 0) is 21.6 Å². The third-order valence-corrected chi connectivity index (χ3v) is 3.88. The second-order valence-electron chi connectivity index (χ2n) is 4.75. The first-order valence-electron chi connectivity index (χ1n) is 6.29. The summed E-state index contributed by atoms with van der Waals surface area (Å²) < 4.78 is 26.8. The van der Waals surface area contributed by atoms with Crippen LogP contribution in [0.4, 0.5) is 4.39 Å². The highest BCUT2D eigenvalue weighted by atomic mass is 79.9. The summed E-state index contributed by atoms with van der Waals surface area (Å²) in [5, 5.41) is 0.597. The van der Waals surface area contributed by atoms with Crippen LogP contribution in [-0.4, -0.2) is 27.8 Å². The number of benzene rings is 1. The van der Waals surface area contributed by atoms with Gasteiger partial charge in [0.1, 0.15) is 11.4 Å². The molecule has 1 aromatic carbocycles. The van der Waals surface area contributed by atoms with Crippen molar-refractivity contribution >= 4 is 15.9 Å². The number of alkyl halides is 1. The zero-order chi connectivity index (χ0) is 14.0. The fourth-order valence-electron chi connectivity index (χ4n) is 2.38. The van der Waals surface area contributed by atoms with Crippen molar-refractivity contribution in [2.75, 3.05) is 11.9 Å². The van der Waals surface area contributed by atoms with Gasteiger partial charge in [-0.15, -0.1) is 0 Å². The second kappa shape index (κ2) is 5.63. The van der Waals surface area contributed by atoms with E-state index in [1.54, 1.807) is 24.7 Å². The van der Waals surface area contributed by atoms with E-state index in [1.807, 2.05) is 10.8 Å². The Hall–Kier alpha value is -1.24. The number of hydrogen-bond acceptors (Lipinski definition) is 3. The first-order valence-corrected chi connectivity index (χ1v) is 7.41. The fraction of sp³-hybridized carbons (Fsp3) is 0.357. The van der Waals surface area contributed by atoms with Crippen LogP contribution < -0.4 is 0 Å². The molecule has 4 nitrogen and oxygen atoms in total. The van der Waals surface area contributed by atoms with Crippen LogP contribution in [0.5, 0.6) is 0 Å². The van der Waals surface area contributed by atoms with Gasteiger partial charge in [-0.25, -0.2) is 9.37 Å². The van der Waals surface area contributed by atoms with Crippen LogP contribution in [0.1, 0.15) is 5.56 Å². The molecule has 2 aromatic rings. The molecule has 1 saturated heterocycles. The minimum atomic E-state index is -0.618. The molecule has 0 aliphatic carbocycles. The fourth-order valence-corrected chi connectivity index (χ4v) is 2.70. The number of halogens is 2. The van der Waals surface area contributed by atoms with Gasteiger partial charge < -0.3 is 14.0 Å². The molecule has 3 rings (SSSR count). The normalized spacial score (nSPS) is 26.0. The highest BCUT2D eigenvalue weighted by Crippen LogP contribution is 2.36. The van der Waals surface area contributed by atoms with Crippen molar-refractivity contribution in [1.29, 1.82) is 0 Å². The lowest BCUT2D eigenvalue weighted by Crippen LogP contribution is -2.34. The van der Waals surface area contributed by atoms with E-state index in [9.17, 15) is 4.39 Å². The average Bonchev–Trinajstić information content (AvgIpc) is 3.10. The van der Waals surface area contributed by atoms with Crippen LogP contribution in [0.2, 0.25) is 0 Å². The minimum Gasteiger partial charge on any atom is -0.348 e. The number of imidazole rings is 1. The highest BCUT2D eigenvalue weighted by Gasteiger charge is 2.42. The molecular weight excluding hydrogens is 327 g/mol. The van der Waals surface area contributed by atoms with Crippen molar-refractivity contribution in [2.24, 2.45) is 0 Å². The van der Waals surface area contributed by atoms with Crippen LogP contribution in [0.15, 0.2) is 43.0 Å². The lowest BCUT2D eigenvalue weighted by atomic mass is 9.94. The van der Waals surface area contributed by atoms with E-state index < -0.39 is 5.60 Å². The molecular formula is C14H14BrFN2O2. The van der Waals surface area contributed by atoms with Crippen molar-refractivity contribution < 1.29 is 13.9 Å². The van der Waals surface area contributed by atoms with Gasteiger partial charge in [0.25, 0.3) is 0 Å². The van der Waals surface area contributed by atoms with Crippen LogP contribution in [0.3, 0.4) is 0 Å². The van der Waals surface area contributed by atoms with E-state index in [4.69, 9.17) is 9.47 Å². The molecule has 2 atom stereocenters. The Morgan fingerprint density at radius 2 is 2.20 bits per heavy atom. The van der Waals surface area contributed by atoms with Gasteiger partial charge in [-0.05, 0) is 17.7 Å². The standard InChI is InChI=1S/C14H14BrFN2O2/c15-7-13-19-9-14(20-13,8-18-6-5-17-10-18)11-1-3-12(16)4-2-11/h1-6,10,13H,7-9H2. The molecule has 106 valence electrons. The number of nitrogens with zero attached hydrogens (tertiary/aromatic N) is 2. The smallest absolute Gasteiger partial charge is 0.168 e. The number of aromatic nitrogens is 2. The van der Waals surface area contributed by atoms with Crippen LogP contribution >= 0.6 is 15.9 Å². The van der Waals surface area contributed by atoms with Gasteiger partial charge in [0, 0.05) is 12.4 Å². The predicted octanol–water partition coefficient (Wildman–Crippen LogP) is 2.69. The summed E-state index contributed by atoms with van der Waals surface area (Å²) in [5.74, 6) is -0.262. The zero-order valence-electron chi connectivity index (χ0n) is 10.7. The highest BCUT2D eigenvalue weighted by molar-refractivity contribution is 9.09. The lowest BCUT2D eigenvalue weighted by Gasteiger charge is -2.28. The largest absolute Gasteiger partial charge is 0.348 e. The Morgan fingerprint density at radius 1 is 1.40 bits per heavy atom. The van der Waals surface area contributed by atoms with Gasteiger partial charge >= 0.3 is 0 Å². The molecule has 0 radical (unpaired) electrons. The van der Waals surface area contributed by atoms with Crippen molar-refractivity contribution in [1.82, 2.24) is 9.55 Å². The Balaban J connectivity index is 1.93. The Bertz CT molecular complexity index is 561. The number of rotatable bonds is 4. The summed E-state index contributed by atoms with van der Waals surface area (Å²) in [7, 11) is 0. The molecule has 0 spiro atoms. The Kier molecular flexibility index (Phi) is 3.87. The van der Waals surface area contributed by atoms with Gasteiger partial charge in [0.2, 0.25) is 0 Å². The Morgan fingerprint density at radius 3 is 2.80 bits per heavy atom. The molecule has 2 unspecified atom stereocenters. The van der Waals surface area contributed by atoms with Gasteiger partial charge in [-0.2, -0.15) is 0 Å². The van der Waals surface area contributed by atoms with E-state index in [0.717, 1.165) is 5.56 Å². The molecule has 1 aliphatic rings. The summed E-state index contributed by atoms with van der Waals surface area (Å²) in [6.45, 7) is 0.995. The molecule has 6 heteroatoms. The molecule has 0 amide bonds. The van der Waals surface area contributed by atoms with E-state index >= 15 is 0 Å². The molecule has 0 N–H and O–H groups in total. The summed E-state index contributed by atoms with van der Waals surface area (Å²) in [4.78, 5) is 4.04. The van der Waals surface area contributed by atoms with E-state index in [-0.39, 0.29) is 12.1 Å². The molecule has 0 bridgehead atoms.